The van der Waals surface area contributed by atoms with E-state index in [2.05, 4.69) is 4.72 Å². The molecule has 1 fully saturated rings. The Kier molecular flexibility index (Phi) is 6.53. The number of nitrogens with zero attached hydrogens (tertiary/aromatic N) is 1. The van der Waals surface area contributed by atoms with Crippen molar-refractivity contribution in [2.24, 2.45) is 0 Å². The van der Waals surface area contributed by atoms with E-state index in [1.54, 1.807) is 0 Å². The van der Waals surface area contributed by atoms with Gasteiger partial charge in [-0.2, -0.15) is 17.5 Å². The molecule has 3 rings (SSSR count). The van der Waals surface area contributed by atoms with Gasteiger partial charge in [-0.05, 0) is 49.2 Å². The maximum absolute atomic E-state index is 13.0. The zero-order valence-electron chi connectivity index (χ0n) is 16.5. The van der Waals surface area contributed by atoms with Crippen LogP contribution in [0, 0.1) is 0 Å². The Hall–Kier alpha value is -2.31. The highest BCUT2D eigenvalue weighted by molar-refractivity contribution is 7.92. The number of alkyl halides is 3. The topological polar surface area (TPSA) is 92.8 Å². The number of halogens is 3. The first-order chi connectivity index (χ1) is 14.4. The molecule has 31 heavy (non-hydrogen) atoms. The smallest absolute Gasteiger partial charge is 0.416 e. The third-order valence-electron chi connectivity index (χ3n) is 4.84. The fourth-order valence-electron chi connectivity index (χ4n) is 3.22. The lowest BCUT2D eigenvalue weighted by Crippen LogP contribution is -2.35. The molecule has 12 heteroatoms. The average Bonchev–Trinajstić information content (AvgIpc) is 2.73. The number of rotatable bonds is 6. The Bertz CT molecular complexity index is 1160. The first-order valence-electron chi connectivity index (χ1n) is 9.33. The summed E-state index contributed by atoms with van der Waals surface area (Å²) in [4.78, 5) is -0.759. The zero-order valence-corrected chi connectivity index (χ0v) is 18.1. The number of sulfonamides is 2. The van der Waals surface area contributed by atoms with Crippen LogP contribution in [0.1, 0.15) is 24.8 Å². The van der Waals surface area contributed by atoms with E-state index in [1.165, 1.54) is 23.5 Å². The minimum atomic E-state index is -4.72. The van der Waals surface area contributed by atoms with Crippen molar-refractivity contribution in [3.63, 3.8) is 0 Å². The van der Waals surface area contributed by atoms with Gasteiger partial charge in [0.2, 0.25) is 10.0 Å². The molecule has 1 heterocycles. The van der Waals surface area contributed by atoms with Crippen LogP contribution in [0.25, 0.3) is 0 Å². The molecular weight excluding hydrogens is 457 g/mol. The van der Waals surface area contributed by atoms with Crippen LogP contribution < -0.4 is 9.46 Å². The fourth-order valence-corrected chi connectivity index (χ4v) is 5.88. The molecule has 2 aromatic rings. The Morgan fingerprint density at radius 2 is 1.61 bits per heavy atom. The fraction of sp³-hybridized carbons (Fsp3) is 0.368. The molecule has 0 atom stereocenters. The van der Waals surface area contributed by atoms with E-state index in [0.717, 1.165) is 43.5 Å². The van der Waals surface area contributed by atoms with Crippen molar-refractivity contribution in [3.05, 3.63) is 48.0 Å². The average molecular weight is 479 g/mol. The van der Waals surface area contributed by atoms with Gasteiger partial charge in [-0.3, -0.25) is 4.72 Å². The molecule has 0 aliphatic carbocycles. The standard InChI is InChI=1S/C19H21F3N2O5S2/c1-29-18-9-8-16(31(27,28)24-10-3-2-4-11-24)13-17(18)23-30(25,26)15-7-5-6-14(12-15)19(20,21)22/h5-9,12-13,23H,2-4,10-11H2,1H3. The van der Waals surface area contributed by atoms with Gasteiger partial charge in [0.15, 0.2) is 0 Å². The number of benzene rings is 2. The van der Waals surface area contributed by atoms with Crippen LogP contribution in [-0.4, -0.2) is 41.3 Å². The maximum Gasteiger partial charge on any atom is 0.416 e. The van der Waals surface area contributed by atoms with E-state index in [4.69, 9.17) is 4.74 Å². The zero-order chi connectivity index (χ0) is 22.9. The van der Waals surface area contributed by atoms with Gasteiger partial charge in [-0.25, -0.2) is 16.8 Å². The third kappa shape index (κ3) is 5.13. The first-order valence-corrected chi connectivity index (χ1v) is 12.3. The van der Waals surface area contributed by atoms with E-state index in [-0.39, 0.29) is 16.3 Å². The summed E-state index contributed by atoms with van der Waals surface area (Å²) in [5, 5.41) is 0. The van der Waals surface area contributed by atoms with Gasteiger partial charge < -0.3 is 4.74 Å². The largest absolute Gasteiger partial charge is 0.495 e. The number of hydrogen-bond acceptors (Lipinski definition) is 5. The van der Waals surface area contributed by atoms with Crippen molar-refractivity contribution >= 4 is 25.7 Å². The summed E-state index contributed by atoms with van der Waals surface area (Å²) in [6.45, 7) is 0.722. The van der Waals surface area contributed by atoms with E-state index >= 15 is 0 Å². The van der Waals surface area contributed by atoms with Crippen LogP contribution >= 0.6 is 0 Å². The first kappa shape index (κ1) is 23.4. The van der Waals surface area contributed by atoms with Crippen LogP contribution in [0.15, 0.2) is 52.3 Å². The van der Waals surface area contributed by atoms with Crippen molar-refractivity contribution in [2.75, 3.05) is 24.9 Å². The molecule has 0 unspecified atom stereocenters. The Labute approximate surface area is 178 Å². The predicted octanol–water partition coefficient (Wildman–Crippen LogP) is 3.69. The molecule has 170 valence electrons. The number of methoxy groups -OCH3 is 1. The van der Waals surface area contributed by atoms with Crippen LogP contribution in [0.5, 0.6) is 5.75 Å². The van der Waals surface area contributed by atoms with Crippen molar-refractivity contribution in [1.29, 1.82) is 0 Å². The highest BCUT2D eigenvalue weighted by Crippen LogP contribution is 2.33. The molecule has 0 amide bonds. The molecule has 1 aliphatic heterocycles. The maximum atomic E-state index is 13.0. The molecule has 0 radical (unpaired) electrons. The normalized spacial score (nSPS) is 16.1. The number of ether oxygens (including phenoxy) is 1. The molecule has 0 saturated carbocycles. The van der Waals surface area contributed by atoms with Gasteiger partial charge in [0.25, 0.3) is 10.0 Å². The van der Waals surface area contributed by atoms with Gasteiger partial charge in [0.05, 0.1) is 28.2 Å². The highest BCUT2D eigenvalue weighted by atomic mass is 32.2. The summed E-state index contributed by atoms with van der Waals surface area (Å²) in [7, 11) is -7.06. The quantitative estimate of drug-likeness (QED) is 0.684. The lowest BCUT2D eigenvalue weighted by molar-refractivity contribution is -0.137. The van der Waals surface area contributed by atoms with Gasteiger partial charge >= 0.3 is 6.18 Å². The second kappa shape index (κ2) is 8.67. The van der Waals surface area contributed by atoms with Crippen molar-refractivity contribution < 1.29 is 34.7 Å². The molecule has 7 nitrogen and oxygen atoms in total. The van der Waals surface area contributed by atoms with E-state index in [9.17, 15) is 30.0 Å². The van der Waals surface area contributed by atoms with Gasteiger partial charge in [0, 0.05) is 13.1 Å². The second-order valence-electron chi connectivity index (χ2n) is 6.96. The molecule has 0 spiro atoms. The van der Waals surface area contributed by atoms with E-state index in [1.807, 2.05) is 0 Å². The summed E-state index contributed by atoms with van der Waals surface area (Å²) in [5.74, 6) is 0.0214. The summed E-state index contributed by atoms with van der Waals surface area (Å²) < 4.78 is 98.7. The molecule has 2 aromatic carbocycles. The molecule has 1 aliphatic rings. The molecule has 0 aromatic heterocycles. The van der Waals surface area contributed by atoms with Gasteiger partial charge in [-0.1, -0.05) is 12.5 Å². The molecular formula is C19H21F3N2O5S2. The predicted molar refractivity (Wildman–Crippen MR) is 108 cm³/mol. The number of nitrogens with one attached hydrogen (secondary N) is 1. The van der Waals surface area contributed by atoms with Gasteiger partial charge in [0.1, 0.15) is 5.75 Å². The summed E-state index contributed by atoms with van der Waals surface area (Å²) >= 11 is 0. The van der Waals surface area contributed by atoms with Crippen LogP contribution in [0.3, 0.4) is 0 Å². The van der Waals surface area contributed by atoms with Crippen molar-refractivity contribution in [3.8, 4) is 5.75 Å². The van der Waals surface area contributed by atoms with Crippen molar-refractivity contribution in [2.45, 2.75) is 35.2 Å². The van der Waals surface area contributed by atoms with E-state index < -0.39 is 36.7 Å². The lowest BCUT2D eigenvalue weighted by atomic mass is 10.2. The minimum absolute atomic E-state index is 0.0214. The summed E-state index contributed by atoms with van der Waals surface area (Å²) in [6, 6.07) is 6.94. The van der Waals surface area contributed by atoms with E-state index in [0.29, 0.717) is 19.2 Å². The molecule has 0 bridgehead atoms. The monoisotopic (exact) mass is 478 g/mol. The molecule has 1 N–H and O–H groups in total. The van der Waals surface area contributed by atoms with Crippen LogP contribution in [0.4, 0.5) is 18.9 Å². The van der Waals surface area contributed by atoms with Crippen LogP contribution in [0.2, 0.25) is 0 Å². The van der Waals surface area contributed by atoms with Crippen molar-refractivity contribution in [1.82, 2.24) is 4.31 Å². The second-order valence-corrected chi connectivity index (χ2v) is 10.6. The Balaban J connectivity index is 1.98. The Morgan fingerprint density at radius 3 is 2.23 bits per heavy atom. The lowest BCUT2D eigenvalue weighted by Gasteiger charge is -2.26. The SMILES string of the molecule is COc1ccc(S(=O)(=O)N2CCCCC2)cc1NS(=O)(=O)c1cccc(C(F)(F)F)c1. The Morgan fingerprint density at radius 1 is 0.935 bits per heavy atom. The minimum Gasteiger partial charge on any atom is -0.495 e. The van der Waals surface area contributed by atoms with Crippen LogP contribution in [-0.2, 0) is 26.2 Å². The molecule has 1 saturated heterocycles. The number of piperidine rings is 1. The number of anilines is 1. The third-order valence-corrected chi connectivity index (χ3v) is 8.10. The van der Waals surface area contributed by atoms with Gasteiger partial charge in [-0.15, -0.1) is 0 Å². The summed E-state index contributed by atoms with van der Waals surface area (Å²) in [6.07, 6.45) is -2.34. The highest BCUT2D eigenvalue weighted by Gasteiger charge is 2.32. The summed E-state index contributed by atoms with van der Waals surface area (Å²) in [5.41, 5.74) is -1.32. The number of hydrogen-bond donors (Lipinski definition) is 1.